The highest BCUT2D eigenvalue weighted by molar-refractivity contribution is 6.04. The SMILES string of the molecule is Cc1ccc2c(c1)/C(=N\O)C[C@@](O)(C(F)(F)F)O2. The number of oxime groups is 1. The van der Waals surface area contributed by atoms with Gasteiger partial charge in [0.05, 0.1) is 12.1 Å². The zero-order valence-corrected chi connectivity index (χ0v) is 9.32. The van der Waals surface area contributed by atoms with Crippen LogP contribution in [0.15, 0.2) is 23.4 Å². The van der Waals surface area contributed by atoms with Crippen LogP contribution in [0.25, 0.3) is 0 Å². The Morgan fingerprint density at radius 3 is 2.61 bits per heavy atom. The normalized spacial score (nSPS) is 25.7. The topological polar surface area (TPSA) is 62.1 Å². The molecule has 1 heterocycles. The molecule has 0 spiro atoms. The number of benzene rings is 1. The van der Waals surface area contributed by atoms with Crippen LogP contribution in [0, 0.1) is 6.92 Å². The summed E-state index contributed by atoms with van der Waals surface area (Å²) in [5.41, 5.74) is 0.752. The number of nitrogens with zero attached hydrogens (tertiary/aromatic N) is 1. The molecule has 0 saturated heterocycles. The highest BCUT2D eigenvalue weighted by atomic mass is 19.4. The van der Waals surface area contributed by atoms with Crippen molar-refractivity contribution in [1.29, 1.82) is 0 Å². The molecule has 4 nitrogen and oxygen atoms in total. The number of fused-ring (bicyclic) bond motifs is 1. The van der Waals surface area contributed by atoms with Crippen molar-refractivity contribution in [1.82, 2.24) is 0 Å². The minimum atomic E-state index is -4.98. The molecule has 1 atom stereocenters. The number of rotatable bonds is 0. The maximum absolute atomic E-state index is 12.7. The first-order chi connectivity index (χ1) is 8.27. The third-order valence-corrected chi connectivity index (χ3v) is 2.70. The monoisotopic (exact) mass is 261 g/mol. The summed E-state index contributed by atoms with van der Waals surface area (Å²) in [4.78, 5) is 0. The first-order valence-electron chi connectivity index (χ1n) is 5.07. The van der Waals surface area contributed by atoms with E-state index in [4.69, 9.17) is 5.21 Å². The molecule has 0 unspecified atom stereocenters. The minimum Gasteiger partial charge on any atom is -0.452 e. The zero-order valence-electron chi connectivity index (χ0n) is 9.32. The largest absolute Gasteiger partial charge is 0.455 e. The van der Waals surface area contributed by atoms with Crippen molar-refractivity contribution in [3.05, 3.63) is 29.3 Å². The fraction of sp³-hybridized carbons (Fsp3) is 0.364. The van der Waals surface area contributed by atoms with E-state index in [0.29, 0.717) is 0 Å². The predicted octanol–water partition coefficient (Wildman–Crippen LogP) is 2.21. The highest BCUT2D eigenvalue weighted by Gasteiger charge is 2.59. The van der Waals surface area contributed by atoms with Crippen LogP contribution < -0.4 is 4.74 Å². The molecule has 1 aromatic rings. The van der Waals surface area contributed by atoms with Crippen LogP contribution in [0.3, 0.4) is 0 Å². The Morgan fingerprint density at radius 1 is 1.39 bits per heavy atom. The van der Waals surface area contributed by atoms with E-state index < -0.39 is 18.4 Å². The molecule has 0 aromatic heterocycles. The predicted molar refractivity (Wildman–Crippen MR) is 55.8 cm³/mol. The van der Waals surface area contributed by atoms with Gasteiger partial charge in [0.15, 0.2) is 0 Å². The number of halogens is 3. The Kier molecular flexibility index (Phi) is 2.73. The van der Waals surface area contributed by atoms with Gasteiger partial charge in [0, 0.05) is 5.56 Å². The van der Waals surface area contributed by atoms with Crippen molar-refractivity contribution in [2.24, 2.45) is 5.16 Å². The van der Waals surface area contributed by atoms with Crippen molar-refractivity contribution in [2.75, 3.05) is 0 Å². The van der Waals surface area contributed by atoms with E-state index in [1.807, 2.05) is 0 Å². The quantitative estimate of drug-likeness (QED) is 0.556. The molecule has 1 aromatic carbocycles. The first-order valence-corrected chi connectivity index (χ1v) is 5.07. The Hall–Kier alpha value is -1.76. The second-order valence-corrected chi connectivity index (χ2v) is 4.11. The third kappa shape index (κ3) is 1.90. The molecule has 1 aliphatic rings. The van der Waals surface area contributed by atoms with Gasteiger partial charge < -0.3 is 15.1 Å². The lowest BCUT2D eigenvalue weighted by atomic mass is 9.96. The van der Waals surface area contributed by atoms with E-state index in [1.54, 1.807) is 6.92 Å². The smallest absolute Gasteiger partial charge is 0.452 e. The van der Waals surface area contributed by atoms with Crippen LogP contribution in [0.2, 0.25) is 0 Å². The lowest BCUT2D eigenvalue weighted by molar-refractivity contribution is -0.333. The summed E-state index contributed by atoms with van der Waals surface area (Å²) in [6.07, 6.45) is -5.94. The molecule has 0 fully saturated rings. The summed E-state index contributed by atoms with van der Waals surface area (Å²) >= 11 is 0. The number of hydrogen-bond acceptors (Lipinski definition) is 4. The van der Waals surface area contributed by atoms with Crippen LogP contribution in [0.4, 0.5) is 13.2 Å². The van der Waals surface area contributed by atoms with Crippen LogP contribution >= 0.6 is 0 Å². The van der Waals surface area contributed by atoms with Gasteiger partial charge in [0.2, 0.25) is 0 Å². The van der Waals surface area contributed by atoms with Gasteiger partial charge in [-0.1, -0.05) is 16.8 Å². The highest BCUT2D eigenvalue weighted by Crippen LogP contribution is 2.41. The Morgan fingerprint density at radius 2 is 2.06 bits per heavy atom. The summed E-state index contributed by atoms with van der Waals surface area (Å²) in [6, 6.07) is 4.36. The van der Waals surface area contributed by atoms with Gasteiger partial charge in [-0.25, -0.2) is 0 Å². The molecular formula is C11H10F3NO3. The number of hydrogen-bond donors (Lipinski definition) is 2. The summed E-state index contributed by atoms with van der Waals surface area (Å²) in [7, 11) is 0. The molecule has 1 aliphatic heterocycles. The van der Waals surface area contributed by atoms with Gasteiger partial charge in [-0.05, 0) is 19.1 Å². The number of alkyl halides is 3. The maximum Gasteiger partial charge on any atom is 0.455 e. The van der Waals surface area contributed by atoms with Crippen LogP contribution in [0.1, 0.15) is 17.5 Å². The Bertz CT molecular complexity index is 513. The van der Waals surface area contributed by atoms with E-state index in [1.165, 1.54) is 18.2 Å². The molecule has 18 heavy (non-hydrogen) atoms. The third-order valence-electron chi connectivity index (χ3n) is 2.70. The number of ether oxygens (including phenoxy) is 1. The molecular weight excluding hydrogens is 251 g/mol. The van der Waals surface area contributed by atoms with Crippen LogP contribution in [0.5, 0.6) is 5.75 Å². The van der Waals surface area contributed by atoms with Crippen molar-refractivity contribution >= 4 is 5.71 Å². The lowest BCUT2D eigenvalue weighted by Crippen LogP contribution is -2.54. The average Bonchev–Trinajstić information content (AvgIpc) is 2.27. The minimum absolute atomic E-state index is 0.167. The summed E-state index contributed by atoms with van der Waals surface area (Å²) in [5.74, 6) is -3.53. The fourth-order valence-corrected chi connectivity index (χ4v) is 1.75. The molecule has 2 rings (SSSR count). The average molecular weight is 261 g/mol. The molecule has 2 N–H and O–H groups in total. The van der Waals surface area contributed by atoms with Gasteiger partial charge in [0.1, 0.15) is 5.75 Å². The molecule has 0 saturated carbocycles. The second kappa shape index (κ2) is 3.88. The van der Waals surface area contributed by atoms with E-state index in [9.17, 15) is 18.3 Å². The summed E-state index contributed by atoms with van der Waals surface area (Å²) < 4.78 is 42.7. The first kappa shape index (κ1) is 12.7. The standard InChI is InChI=1S/C11H10F3NO3/c1-6-2-3-9-7(4-6)8(15-17)5-10(16,18-9)11(12,13)14/h2-4,16-17H,5H2,1H3/b15-8-/t10-/m0/s1. The van der Waals surface area contributed by atoms with E-state index in [0.717, 1.165) is 5.56 Å². The fourth-order valence-electron chi connectivity index (χ4n) is 1.75. The van der Waals surface area contributed by atoms with Crippen molar-refractivity contribution < 1.29 is 28.2 Å². The second-order valence-electron chi connectivity index (χ2n) is 4.11. The number of aliphatic hydroxyl groups is 1. The zero-order chi connectivity index (χ0) is 13.6. The van der Waals surface area contributed by atoms with Gasteiger partial charge >= 0.3 is 12.0 Å². The van der Waals surface area contributed by atoms with E-state index >= 15 is 0 Å². The van der Waals surface area contributed by atoms with Crippen LogP contribution in [-0.4, -0.2) is 28.0 Å². The molecule has 0 amide bonds. The molecule has 7 heteroatoms. The molecule has 0 radical (unpaired) electrons. The molecule has 0 aliphatic carbocycles. The van der Waals surface area contributed by atoms with E-state index in [2.05, 4.69) is 9.89 Å². The van der Waals surface area contributed by atoms with Gasteiger partial charge in [-0.3, -0.25) is 0 Å². The van der Waals surface area contributed by atoms with Gasteiger partial charge in [0.25, 0.3) is 0 Å². The van der Waals surface area contributed by atoms with Gasteiger partial charge in [-0.15, -0.1) is 0 Å². The summed E-state index contributed by atoms with van der Waals surface area (Å²) in [5, 5.41) is 21.1. The maximum atomic E-state index is 12.7. The number of aryl methyl sites for hydroxylation is 1. The van der Waals surface area contributed by atoms with Crippen LogP contribution in [-0.2, 0) is 0 Å². The van der Waals surface area contributed by atoms with Gasteiger partial charge in [-0.2, -0.15) is 13.2 Å². The van der Waals surface area contributed by atoms with Crippen molar-refractivity contribution in [3.63, 3.8) is 0 Å². The lowest BCUT2D eigenvalue weighted by Gasteiger charge is -2.35. The van der Waals surface area contributed by atoms with Crippen molar-refractivity contribution in [3.8, 4) is 5.75 Å². The Labute approximate surface area is 100 Å². The summed E-state index contributed by atoms with van der Waals surface area (Å²) in [6.45, 7) is 1.74. The van der Waals surface area contributed by atoms with Crippen molar-refractivity contribution in [2.45, 2.75) is 25.3 Å². The Balaban J connectivity index is 2.54. The molecule has 98 valence electrons. The van der Waals surface area contributed by atoms with E-state index in [-0.39, 0.29) is 17.0 Å². The molecule has 0 bridgehead atoms.